The van der Waals surface area contributed by atoms with E-state index < -0.39 is 0 Å². The van der Waals surface area contributed by atoms with Gasteiger partial charge in [-0.3, -0.25) is 4.79 Å². The highest BCUT2D eigenvalue weighted by molar-refractivity contribution is 6.06. The number of carbonyl (C=O) groups excluding carboxylic acids is 1. The van der Waals surface area contributed by atoms with Gasteiger partial charge in [-0.05, 0) is 24.1 Å². The van der Waals surface area contributed by atoms with E-state index in [1.54, 1.807) is 7.11 Å². The van der Waals surface area contributed by atoms with Gasteiger partial charge in [-0.25, -0.2) is 0 Å². The van der Waals surface area contributed by atoms with Gasteiger partial charge < -0.3 is 15.0 Å². The summed E-state index contributed by atoms with van der Waals surface area (Å²) in [5.41, 5.74) is 1.67. The quantitative estimate of drug-likeness (QED) is 0.868. The van der Waals surface area contributed by atoms with Crippen molar-refractivity contribution in [2.75, 3.05) is 13.7 Å². The number of hydrogen-bond donors (Lipinski definition) is 2. The van der Waals surface area contributed by atoms with Gasteiger partial charge in [0.15, 0.2) is 0 Å². The molecule has 0 radical (unpaired) electrons. The van der Waals surface area contributed by atoms with Gasteiger partial charge in [0, 0.05) is 29.8 Å². The third-order valence-corrected chi connectivity index (χ3v) is 3.31. The van der Waals surface area contributed by atoms with Crippen molar-refractivity contribution in [1.82, 2.24) is 10.3 Å². The predicted octanol–water partition coefficient (Wildman–Crippen LogP) is 2.57. The molecule has 2 N–H and O–H groups in total. The van der Waals surface area contributed by atoms with Crippen LogP contribution in [0.1, 0.15) is 24.2 Å². The lowest BCUT2D eigenvalue weighted by Crippen LogP contribution is -2.41. The van der Waals surface area contributed by atoms with Gasteiger partial charge in [0.1, 0.15) is 0 Å². The lowest BCUT2D eigenvalue weighted by molar-refractivity contribution is 0.0868. The Morgan fingerprint density at radius 2 is 2.16 bits per heavy atom. The minimum atomic E-state index is -0.0547. The minimum Gasteiger partial charge on any atom is -0.383 e. The van der Waals surface area contributed by atoms with Crippen LogP contribution in [0.2, 0.25) is 0 Å². The van der Waals surface area contributed by atoms with Crippen molar-refractivity contribution in [3.63, 3.8) is 0 Å². The largest absolute Gasteiger partial charge is 0.383 e. The number of H-pyrrole nitrogens is 1. The normalized spacial score (nSPS) is 12.8. The number of methoxy groups -OCH3 is 1. The molecule has 2 rings (SSSR count). The lowest BCUT2D eigenvalue weighted by Gasteiger charge is -2.21. The molecule has 0 fully saturated rings. The summed E-state index contributed by atoms with van der Waals surface area (Å²) in [5, 5.41) is 3.98. The van der Waals surface area contributed by atoms with Gasteiger partial charge in [0.25, 0.3) is 5.91 Å². The van der Waals surface area contributed by atoms with Crippen molar-refractivity contribution in [3.8, 4) is 0 Å². The van der Waals surface area contributed by atoms with Crippen LogP contribution in [0.4, 0.5) is 0 Å². The van der Waals surface area contributed by atoms with Crippen molar-refractivity contribution in [3.05, 3.63) is 36.0 Å². The van der Waals surface area contributed by atoms with Gasteiger partial charge in [-0.2, -0.15) is 0 Å². The van der Waals surface area contributed by atoms with Crippen LogP contribution in [0, 0.1) is 5.92 Å². The third kappa shape index (κ3) is 2.96. The van der Waals surface area contributed by atoms with E-state index in [0.717, 1.165) is 10.9 Å². The second kappa shape index (κ2) is 5.89. The van der Waals surface area contributed by atoms with Crippen molar-refractivity contribution in [1.29, 1.82) is 0 Å². The van der Waals surface area contributed by atoms with Crippen molar-refractivity contribution < 1.29 is 9.53 Å². The molecule has 0 aliphatic rings. The maximum atomic E-state index is 12.4. The maximum Gasteiger partial charge on any atom is 0.252 e. The van der Waals surface area contributed by atoms with Crippen LogP contribution in [0.3, 0.4) is 0 Å². The van der Waals surface area contributed by atoms with Crippen LogP contribution in [-0.4, -0.2) is 30.6 Å². The Balaban J connectivity index is 2.21. The van der Waals surface area contributed by atoms with Gasteiger partial charge in [-0.15, -0.1) is 0 Å². The Labute approximate surface area is 113 Å². The van der Waals surface area contributed by atoms with Gasteiger partial charge >= 0.3 is 0 Å². The number of carbonyl (C=O) groups is 1. The molecule has 1 aromatic carbocycles. The average Bonchev–Trinajstić information content (AvgIpc) is 2.85. The second-order valence-corrected chi connectivity index (χ2v) is 5.02. The van der Waals surface area contributed by atoms with Crippen molar-refractivity contribution >= 4 is 16.8 Å². The number of aromatic amines is 1. The molecule has 1 heterocycles. The highest BCUT2D eigenvalue weighted by Gasteiger charge is 2.18. The number of rotatable bonds is 5. The lowest BCUT2D eigenvalue weighted by atomic mass is 10.0. The van der Waals surface area contributed by atoms with E-state index in [1.807, 2.05) is 30.5 Å². The monoisotopic (exact) mass is 260 g/mol. The summed E-state index contributed by atoms with van der Waals surface area (Å²) in [6.45, 7) is 4.66. The highest BCUT2D eigenvalue weighted by atomic mass is 16.5. The van der Waals surface area contributed by atoms with E-state index in [-0.39, 0.29) is 11.9 Å². The molecule has 0 spiro atoms. The number of fused-ring (bicyclic) bond motifs is 1. The smallest absolute Gasteiger partial charge is 0.252 e. The molecule has 2 aromatic rings. The number of ether oxygens (including phenoxy) is 1. The highest BCUT2D eigenvalue weighted by Crippen LogP contribution is 2.17. The number of nitrogens with one attached hydrogen (secondary N) is 2. The third-order valence-electron chi connectivity index (χ3n) is 3.31. The molecule has 4 heteroatoms. The first-order chi connectivity index (χ1) is 9.13. The van der Waals surface area contributed by atoms with Crippen molar-refractivity contribution in [2.45, 2.75) is 19.9 Å². The number of benzene rings is 1. The Morgan fingerprint density at radius 1 is 1.37 bits per heavy atom. The summed E-state index contributed by atoms with van der Waals surface area (Å²) in [6, 6.07) is 7.63. The number of amides is 1. The van der Waals surface area contributed by atoms with E-state index in [2.05, 4.69) is 24.1 Å². The fraction of sp³-hybridized carbons (Fsp3) is 0.400. The topological polar surface area (TPSA) is 54.1 Å². The molecule has 0 saturated heterocycles. The van der Waals surface area contributed by atoms with Crippen LogP contribution in [-0.2, 0) is 4.74 Å². The Kier molecular flexibility index (Phi) is 4.22. The molecule has 1 aromatic heterocycles. The summed E-state index contributed by atoms with van der Waals surface area (Å²) in [7, 11) is 1.65. The van der Waals surface area contributed by atoms with E-state index in [0.29, 0.717) is 18.1 Å². The van der Waals surface area contributed by atoms with E-state index in [4.69, 9.17) is 4.74 Å². The van der Waals surface area contributed by atoms with Crippen molar-refractivity contribution in [2.24, 2.45) is 5.92 Å². The molecule has 0 saturated carbocycles. The zero-order valence-corrected chi connectivity index (χ0v) is 11.6. The Bertz CT molecular complexity index is 560. The minimum absolute atomic E-state index is 0.0201. The zero-order valence-electron chi connectivity index (χ0n) is 11.6. The first kappa shape index (κ1) is 13.6. The number of aromatic nitrogens is 1. The first-order valence-corrected chi connectivity index (χ1v) is 6.49. The molecule has 0 aliphatic carbocycles. The summed E-state index contributed by atoms with van der Waals surface area (Å²) in [5.74, 6) is 0.273. The zero-order chi connectivity index (χ0) is 13.8. The second-order valence-electron chi connectivity index (χ2n) is 5.02. The van der Waals surface area contributed by atoms with Gasteiger partial charge in [0.2, 0.25) is 0 Å². The molecule has 1 atom stereocenters. The van der Waals surface area contributed by atoms with Crippen LogP contribution in [0.25, 0.3) is 10.9 Å². The fourth-order valence-electron chi connectivity index (χ4n) is 2.11. The standard InChI is InChI=1S/C15H20N2O2/c1-10(2)14(9-19-3)17-15(18)12-5-4-6-13-11(12)7-8-16-13/h4-8,10,14,16H,9H2,1-3H3,(H,17,18). The molecule has 102 valence electrons. The van der Waals surface area contributed by atoms with Crippen LogP contribution in [0.5, 0.6) is 0 Å². The molecular formula is C15H20N2O2. The van der Waals surface area contributed by atoms with Crippen LogP contribution < -0.4 is 5.32 Å². The summed E-state index contributed by atoms with van der Waals surface area (Å²) >= 11 is 0. The molecule has 19 heavy (non-hydrogen) atoms. The molecule has 4 nitrogen and oxygen atoms in total. The Morgan fingerprint density at radius 3 is 2.84 bits per heavy atom. The van der Waals surface area contributed by atoms with E-state index >= 15 is 0 Å². The van der Waals surface area contributed by atoms with E-state index in [1.165, 1.54) is 0 Å². The number of hydrogen-bond acceptors (Lipinski definition) is 2. The van der Waals surface area contributed by atoms with E-state index in [9.17, 15) is 4.79 Å². The average molecular weight is 260 g/mol. The Hall–Kier alpha value is -1.81. The van der Waals surface area contributed by atoms with Gasteiger partial charge in [-0.1, -0.05) is 19.9 Å². The molecule has 0 aliphatic heterocycles. The maximum absolute atomic E-state index is 12.4. The molecule has 1 amide bonds. The summed E-state index contributed by atoms with van der Waals surface area (Å²) in [6.07, 6.45) is 1.84. The van der Waals surface area contributed by atoms with Crippen LogP contribution >= 0.6 is 0 Å². The summed E-state index contributed by atoms with van der Waals surface area (Å²) < 4.78 is 5.15. The molecule has 0 bridgehead atoms. The predicted molar refractivity (Wildman–Crippen MR) is 76.3 cm³/mol. The van der Waals surface area contributed by atoms with Gasteiger partial charge in [0.05, 0.1) is 12.6 Å². The SMILES string of the molecule is COCC(NC(=O)c1cccc2[nH]ccc12)C(C)C. The fourth-order valence-corrected chi connectivity index (χ4v) is 2.11. The molecule has 1 unspecified atom stereocenters. The first-order valence-electron chi connectivity index (χ1n) is 6.49. The van der Waals surface area contributed by atoms with Crippen LogP contribution in [0.15, 0.2) is 30.5 Å². The molecular weight excluding hydrogens is 240 g/mol. The summed E-state index contributed by atoms with van der Waals surface area (Å²) in [4.78, 5) is 15.5.